The minimum Gasteiger partial charge on any atom is -0.494 e. The van der Waals surface area contributed by atoms with Crippen molar-refractivity contribution >= 4 is 11.9 Å². The standard InChI is InChI=1S/C30H40O8/c1-4-23(3)28(31)37-19-18-36-26-12-14-27(15-13-26)38-29(32)24-8-10-25(11-9-24)35-17-7-6-16-33-20-30(5-2)21-34-22-30/h8-15,23H,4-7,16-22H2,1-3H3. The minimum absolute atomic E-state index is 0.116. The summed E-state index contributed by atoms with van der Waals surface area (Å²) in [5.74, 6) is 0.906. The molecule has 0 radical (unpaired) electrons. The number of carbonyl (C=O) groups is 2. The molecule has 0 bridgehead atoms. The highest BCUT2D eigenvalue weighted by atomic mass is 16.6. The Balaban J connectivity index is 1.30. The van der Waals surface area contributed by atoms with E-state index in [-0.39, 0.29) is 30.5 Å². The van der Waals surface area contributed by atoms with Gasteiger partial charge in [0.1, 0.15) is 30.5 Å². The second-order valence-corrected chi connectivity index (χ2v) is 9.67. The first-order valence-electron chi connectivity index (χ1n) is 13.4. The molecule has 0 aliphatic carbocycles. The number of hydrogen-bond donors (Lipinski definition) is 0. The Labute approximate surface area is 225 Å². The SMILES string of the molecule is CCC(C)C(=O)OCCOc1ccc(OC(=O)c2ccc(OCCCCOCC3(CC)COC3)cc2)cc1. The van der Waals surface area contributed by atoms with Gasteiger partial charge in [-0.3, -0.25) is 4.79 Å². The molecule has 1 saturated heterocycles. The van der Waals surface area contributed by atoms with Crippen molar-refractivity contribution in [3.63, 3.8) is 0 Å². The van der Waals surface area contributed by atoms with Gasteiger partial charge in [-0.05, 0) is 74.2 Å². The number of rotatable bonds is 17. The summed E-state index contributed by atoms with van der Waals surface area (Å²) in [5.41, 5.74) is 0.655. The van der Waals surface area contributed by atoms with E-state index in [2.05, 4.69) is 6.92 Å². The van der Waals surface area contributed by atoms with E-state index >= 15 is 0 Å². The van der Waals surface area contributed by atoms with E-state index in [0.717, 1.165) is 52.1 Å². The monoisotopic (exact) mass is 528 g/mol. The largest absolute Gasteiger partial charge is 0.494 e. The van der Waals surface area contributed by atoms with Crippen LogP contribution < -0.4 is 14.2 Å². The van der Waals surface area contributed by atoms with Crippen LogP contribution in [0.15, 0.2) is 48.5 Å². The van der Waals surface area contributed by atoms with Crippen LogP contribution in [0.4, 0.5) is 0 Å². The molecule has 38 heavy (non-hydrogen) atoms. The third-order valence-electron chi connectivity index (χ3n) is 6.66. The molecule has 1 aliphatic rings. The lowest BCUT2D eigenvalue weighted by Crippen LogP contribution is -2.45. The van der Waals surface area contributed by atoms with Gasteiger partial charge in [-0.25, -0.2) is 4.79 Å². The Morgan fingerprint density at radius 1 is 0.842 bits per heavy atom. The van der Waals surface area contributed by atoms with Gasteiger partial charge in [0.15, 0.2) is 0 Å². The van der Waals surface area contributed by atoms with E-state index < -0.39 is 5.97 Å². The molecule has 8 nitrogen and oxygen atoms in total. The summed E-state index contributed by atoms with van der Waals surface area (Å²) in [6.45, 7) is 10.1. The molecular weight excluding hydrogens is 488 g/mol. The molecule has 3 rings (SSSR count). The molecular formula is C30H40O8. The quantitative estimate of drug-likeness (QED) is 0.152. The van der Waals surface area contributed by atoms with Crippen molar-refractivity contribution in [1.82, 2.24) is 0 Å². The maximum Gasteiger partial charge on any atom is 0.343 e. The summed E-state index contributed by atoms with van der Waals surface area (Å²) in [4.78, 5) is 24.1. The van der Waals surface area contributed by atoms with Crippen molar-refractivity contribution in [3.05, 3.63) is 54.1 Å². The van der Waals surface area contributed by atoms with Gasteiger partial charge in [0.2, 0.25) is 0 Å². The number of unbranched alkanes of at least 4 members (excludes halogenated alkanes) is 1. The summed E-state index contributed by atoms with van der Waals surface area (Å²) >= 11 is 0. The molecule has 1 atom stereocenters. The Kier molecular flexibility index (Phi) is 11.9. The highest BCUT2D eigenvalue weighted by Crippen LogP contribution is 2.31. The molecule has 8 heteroatoms. The number of hydrogen-bond acceptors (Lipinski definition) is 8. The van der Waals surface area contributed by atoms with Crippen LogP contribution in [-0.2, 0) is 19.0 Å². The second-order valence-electron chi connectivity index (χ2n) is 9.67. The average Bonchev–Trinajstić information content (AvgIpc) is 2.92. The van der Waals surface area contributed by atoms with Gasteiger partial charge in [-0.1, -0.05) is 20.8 Å². The Hall–Kier alpha value is -3.10. The van der Waals surface area contributed by atoms with Crippen molar-refractivity contribution in [2.24, 2.45) is 11.3 Å². The van der Waals surface area contributed by atoms with Gasteiger partial charge in [0.05, 0.1) is 37.9 Å². The van der Waals surface area contributed by atoms with E-state index in [0.29, 0.717) is 29.4 Å². The van der Waals surface area contributed by atoms with E-state index in [1.807, 2.05) is 13.8 Å². The minimum atomic E-state index is -0.457. The zero-order valence-electron chi connectivity index (χ0n) is 22.7. The molecule has 0 N–H and O–H groups in total. The first kappa shape index (κ1) is 29.5. The zero-order valence-corrected chi connectivity index (χ0v) is 22.7. The molecule has 0 aromatic heterocycles. The predicted molar refractivity (Wildman–Crippen MR) is 143 cm³/mol. The molecule has 1 unspecified atom stereocenters. The molecule has 1 fully saturated rings. The van der Waals surface area contributed by atoms with Crippen LogP contribution in [0.25, 0.3) is 0 Å². The summed E-state index contributed by atoms with van der Waals surface area (Å²) in [6.07, 6.45) is 3.65. The van der Waals surface area contributed by atoms with Gasteiger partial charge in [-0.2, -0.15) is 0 Å². The Morgan fingerprint density at radius 3 is 2.05 bits per heavy atom. The van der Waals surface area contributed by atoms with Crippen LogP contribution in [0.3, 0.4) is 0 Å². The second kappa shape index (κ2) is 15.3. The Morgan fingerprint density at radius 2 is 1.45 bits per heavy atom. The summed E-state index contributed by atoms with van der Waals surface area (Å²) < 4.78 is 33.1. The zero-order chi connectivity index (χ0) is 27.2. The van der Waals surface area contributed by atoms with Crippen molar-refractivity contribution in [2.45, 2.75) is 46.5 Å². The lowest BCUT2D eigenvalue weighted by molar-refractivity contribution is -0.150. The maximum absolute atomic E-state index is 12.5. The van der Waals surface area contributed by atoms with E-state index in [9.17, 15) is 9.59 Å². The maximum atomic E-state index is 12.5. The van der Waals surface area contributed by atoms with Crippen LogP contribution in [-0.4, -0.2) is 58.2 Å². The fraction of sp³-hybridized carbons (Fsp3) is 0.533. The molecule has 2 aromatic carbocycles. The summed E-state index contributed by atoms with van der Waals surface area (Å²) in [5, 5.41) is 0. The first-order valence-corrected chi connectivity index (χ1v) is 13.4. The molecule has 2 aromatic rings. The smallest absolute Gasteiger partial charge is 0.343 e. The molecule has 0 saturated carbocycles. The third kappa shape index (κ3) is 9.33. The van der Waals surface area contributed by atoms with E-state index in [1.54, 1.807) is 48.5 Å². The highest BCUT2D eigenvalue weighted by molar-refractivity contribution is 5.91. The fourth-order valence-electron chi connectivity index (χ4n) is 3.63. The number of carbonyl (C=O) groups excluding carboxylic acids is 2. The van der Waals surface area contributed by atoms with Gasteiger partial charge in [-0.15, -0.1) is 0 Å². The van der Waals surface area contributed by atoms with Gasteiger partial charge in [0, 0.05) is 12.0 Å². The summed E-state index contributed by atoms with van der Waals surface area (Å²) in [6, 6.07) is 13.6. The third-order valence-corrected chi connectivity index (χ3v) is 6.66. The van der Waals surface area contributed by atoms with Crippen LogP contribution in [0, 0.1) is 11.3 Å². The van der Waals surface area contributed by atoms with Gasteiger partial charge in [0.25, 0.3) is 0 Å². The lowest BCUT2D eigenvalue weighted by Gasteiger charge is -2.40. The fourth-order valence-corrected chi connectivity index (χ4v) is 3.63. The van der Waals surface area contributed by atoms with Crippen LogP contribution >= 0.6 is 0 Å². The van der Waals surface area contributed by atoms with Crippen molar-refractivity contribution in [3.8, 4) is 17.2 Å². The normalized spacial score (nSPS) is 14.7. The highest BCUT2D eigenvalue weighted by Gasteiger charge is 2.36. The van der Waals surface area contributed by atoms with Crippen LogP contribution in [0.2, 0.25) is 0 Å². The summed E-state index contributed by atoms with van der Waals surface area (Å²) in [7, 11) is 0. The lowest BCUT2D eigenvalue weighted by atomic mass is 9.84. The number of esters is 2. The van der Waals surface area contributed by atoms with Crippen molar-refractivity contribution in [2.75, 3.05) is 46.2 Å². The predicted octanol–water partition coefficient (Wildman–Crippen LogP) is 5.48. The average molecular weight is 529 g/mol. The van der Waals surface area contributed by atoms with Gasteiger partial charge < -0.3 is 28.4 Å². The number of ether oxygens (including phenoxy) is 6. The van der Waals surface area contributed by atoms with Gasteiger partial charge >= 0.3 is 11.9 Å². The first-order chi connectivity index (χ1) is 18.4. The molecule has 0 amide bonds. The van der Waals surface area contributed by atoms with Crippen molar-refractivity contribution < 1.29 is 38.0 Å². The Bertz CT molecular complexity index is 977. The van der Waals surface area contributed by atoms with E-state index in [4.69, 9.17) is 28.4 Å². The topological polar surface area (TPSA) is 89.5 Å². The molecule has 1 aliphatic heterocycles. The number of benzene rings is 2. The van der Waals surface area contributed by atoms with Crippen LogP contribution in [0.1, 0.15) is 56.8 Å². The van der Waals surface area contributed by atoms with E-state index in [1.165, 1.54) is 0 Å². The van der Waals surface area contributed by atoms with Crippen LogP contribution in [0.5, 0.6) is 17.2 Å². The van der Waals surface area contributed by atoms with Crippen molar-refractivity contribution in [1.29, 1.82) is 0 Å². The molecule has 208 valence electrons. The molecule has 1 heterocycles. The molecule has 0 spiro atoms.